The van der Waals surface area contributed by atoms with Gasteiger partial charge in [0.15, 0.2) is 12.1 Å². The van der Waals surface area contributed by atoms with Crippen molar-refractivity contribution in [1.29, 1.82) is 0 Å². The second-order valence-electron chi connectivity index (χ2n) is 3.69. The van der Waals surface area contributed by atoms with Gasteiger partial charge in [0.25, 0.3) is 0 Å². The average molecular weight is 192 g/mol. The number of fused-ring (bicyclic) bond motifs is 3. The van der Waals surface area contributed by atoms with E-state index in [-0.39, 0.29) is 18.2 Å². The molecular weight excluding hydrogens is 180 g/mol. The second kappa shape index (κ2) is 2.40. The van der Waals surface area contributed by atoms with Gasteiger partial charge in [0.05, 0.1) is 12.1 Å². The normalized spacial score (nSPS) is 33.8. The molecule has 0 amide bonds. The molecule has 1 aromatic rings. The first-order valence-corrected chi connectivity index (χ1v) is 4.65. The van der Waals surface area contributed by atoms with Gasteiger partial charge in [-0.3, -0.25) is 4.57 Å². The van der Waals surface area contributed by atoms with Gasteiger partial charge in [0, 0.05) is 12.4 Å². The summed E-state index contributed by atoms with van der Waals surface area (Å²) < 4.78 is 2.00. The van der Waals surface area contributed by atoms with Crippen LogP contribution in [0.3, 0.4) is 0 Å². The molecule has 6 heteroatoms. The highest BCUT2D eigenvalue weighted by Gasteiger charge is 2.38. The van der Waals surface area contributed by atoms with E-state index in [1.807, 2.05) is 10.8 Å². The van der Waals surface area contributed by atoms with Gasteiger partial charge in [0.2, 0.25) is 5.95 Å². The van der Waals surface area contributed by atoms with Gasteiger partial charge in [-0.05, 0) is 6.92 Å². The minimum absolute atomic E-state index is 0.0451. The molecule has 2 aliphatic rings. The third kappa shape index (κ3) is 0.850. The summed E-state index contributed by atoms with van der Waals surface area (Å²) in [6, 6.07) is 0.497. The number of rotatable bonds is 0. The second-order valence-corrected chi connectivity index (χ2v) is 3.69. The van der Waals surface area contributed by atoms with Gasteiger partial charge in [-0.25, -0.2) is 9.98 Å². The van der Waals surface area contributed by atoms with E-state index in [1.165, 1.54) is 0 Å². The van der Waals surface area contributed by atoms with Crippen molar-refractivity contribution in [3.8, 4) is 0 Å². The molecule has 0 aromatic carbocycles. The van der Waals surface area contributed by atoms with Crippen molar-refractivity contribution >= 4 is 11.9 Å². The fraction of sp³-hybridized carbons (Fsp3) is 0.500. The van der Waals surface area contributed by atoms with Crippen molar-refractivity contribution in [3.63, 3.8) is 0 Å². The molecule has 1 aromatic heterocycles. The Morgan fingerprint density at radius 2 is 2.36 bits per heavy atom. The number of nitrogens with two attached hydrogens (primary N) is 1. The first-order valence-electron chi connectivity index (χ1n) is 4.65. The van der Waals surface area contributed by atoms with Crippen LogP contribution in [0.15, 0.2) is 17.4 Å². The van der Waals surface area contributed by atoms with Gasteiger partial charge >= 0.3 is 0 Å². The lowest BCUT2D eigenvalue weighted by Gasteiger charge is -2.32. The largest absolute Gasteiger partial charge is 0.370 e. The smallest absolute Gasteiger partial charge is 0.204 e. The number of hydrogen-bond donors (Lipinski definition) is 3. The maximum atomic E-state index is 5.66. The van der Waals surface area contributed by atoms with E-state index in [9.17, 15) is 0 Å². The summed E-state index contributed by atoms with van der Waals surface area (Å²) >= 11 is 0. The molecule has 3 unspecified atom stereocenters. The zero-order valence-corrected chi connectivity index (χ0v) is 7.81. The lowest BCUT2D eigenvalue weighted by molar-refractivity contribution is 0.371. The van der Waals surface area contributed by atoms with Crippen molar-refractivity contribution in [2.45, 2.75) is 25.2 Å². The van der Waals surface area contributed by atoms with Crippen LogP contribution >= 0.6 is 0 Å². The van der Waals surface area contributed by atoms with E-state index < -0.39 is 0 Å². The van der Waals surface area contributed by atoms with E-state index in [1.54, 1.807) is 6.20 Å². The van der Waals surface area contributed by atoms with Crippen molar-refractivity contribution in [1.82, 2.24) is 14.9 Å². The van der Waals surface area contributed by atoms with Gasteiger partial charge in [0.1, 0.15) is 0 Å². The molecule has 0 radical (unpaired) electrons. The van der Waals surface area contributed by atoms with Crippen LogP contribution in [0.5, 0.6) is 0 Å². The fourth-order valence-electron chi connectivity index (χ4n) is 2.06. The maximum Gasteiger partial charge on any atom is 0.204 e. The van der Waals surface area contributed by atoms with E-state index in [4.69, 9.17) is 5.73 Å². The number of aromatic nitrogens is 2. The predicted molar refractivity (Wildman–Crippen MR) is 52.9 cm³/mol. The Morgan fingerprint density at radius 1 is 1.50 bits per heavy atom. The van der Waals surface area contributed by atoms with Crippen LogP contribution in [0.25, 0.3) is 0 Å². The number of anilines is 1. The summed E-state index contributed by atoms with van der Waals surface area (Å²) in [5.41, 5.74) is 5.66. The minimum atomic E-state index is 0.0451. The van der Waals surface area contributed by atoms with E-state index in [0.717, 1.165) is 5.95 Å². The number of nitrogens with one attached hydrogen (secondary N) is 2. The molecule has 74 valence electrons. The van der Waals surface area contributed by atoms with E-state index in [2.05, 4.69) is 27.5 Å². The summed E-state index contributed by atoms with van der Waals surface area (Å²) in [4.78, 5) is 8.55. The zero-order chi connectivity index (χ0) is 9.71. The number of aliphatic imine (C=N–C) groups is 1. The lowest BCUT2D eigenvalue weighted by Crippen LogP contribution is -2.49. The Morgan fingerprint density at radius 3 is 3.21 bits per heavy atom. The highest BCUT2D eigenvalue weighted by atomic mass is 15.4. The van der Waals surface area contributed by atoms with E-state index in [0.29, 0.717) is 5.96 Å². The topological polar surface area (TPSA) is 80.3 Å². The Labute approximate surface area is 81.2 Å². The average Bonchev–Trinajstić information content (AvgIpc) is 2.69. The summed E-state index contributed by atoms with van der Waals surface area (Å²) in [7, 11) is 0. The lowest BCUT2D eigenvalue weighted by atomic mass is 10.1. The van der Waals surface area contributed by atoms with Gasteiger partial charge in [-0.1, -0.05) is 0 Å². The van der Waals surface area contributed by atoms with Crippen LogP contribution in [-0.2, 0) is 0 Å². The molecule has 4 N–H and O–H groups in total. The summed E-state index contributed by atoms with van der Waals surface area (Å²) in [6.45, 7) is 2.09. The molecule has 0 saturated carbocycles. The van der Waals surface area contributed by atoms with E-state index >= 15 is 0 Å². The molecule has 0 saturated heterocycles. The monoisotopic (exact) mass is 192 g/mol. The van der Waals surface area contributed by atoms with Gasteiger partial charge < -0.3 is 16.4 Å². The molecule has 2 aliphatic heterocycles. The minimum Gasteiger partial charge on any atom is -0.370 e. The quantitative estimate of drug-likeness (QED) is 0.517. The first kappa shape index (κ1) is 7.66. The Balaban J connectivity index is 2.08. The summed E-state index contributed by atoms with van der Waals surface area (Å²) in [6.07, 6.45) is 3.72. The third-order valence-corrected chi connectivity index (χ3v) is 2.76. The Bertz CT molecular complexity index is 394. The number of nitrogens with zero attached hydrogens (tertiary/aromatic N) is 3. The molecule has 3 heterocycles. The van der Waals surface area contributed by atoms with Gasteiger partial charge in [-0.15, -0.1) is 0 Å². The van der Waals surface area contributed by atoms with Crippen LogP contribution in [0, 0.1) is 0 Å². The van der Waals surface area contributed by atoms with Crippen molar-refractivity contribution < 1.29 is 0 Å². The Kier molecular flexibility index (Phi) is 1.31. The first-order chi connectivity index (χ1) is 6.75. The van der Waals surface area contributed by atoms with Crippen LogP contribution in [0.2, 0.25) is 0 Å². The van der Waals surface area contributed by atoms with Gasteiger partial charge in [-0.2, -0.15) is 0 Å². The number of guanidine groups is 1. The van der Waals surface area contributed by atoms with Crippen LogP contribution < -0.4 is 16.4 Å². The van der Waals surface area contributed by atoms with Crippen LogP contribution in [0.1, 0.15) is 13.1 Å². The van der Waals surface area contributed by atoms with Crippen LogP contribution in [-0.4, -0.2) is 27.6 Å². The van der Waals surface area contributed by atoms with Crippen molar-refractivity contribution in [2.75, 3.05) is 5.32 Å². The third-order valence-electron chi connectivity index (χ3n) is 2.76. The predicted octanol–water partition coefficient (Wildman–Crippen LogP) is -0.518. The number of hydrogen-bond acceptors (Lipinski definition) is 5. The maximum absolute atomic E-state index is 5.66. The highest BCUT2D eigenvalue weighted by molar-refractivity contribution is 5.80. The molecule has 3 atom stereocenters. The summed E-state index contributed by atoms with van der Waals surface area (Å²) in [5, 5.41) is 6.45. The number of imidazole rings is 1. The fourth-order valence-corrected chi connectivity index (χ4v) is 2.06. The van der Waals surface area contributed by atoms with Crippen molar-refractivity contribution in [3.05, 3.63) is 12.4 Å². The SMILES string of the molecule is CC1Nc2nccn2C2N=C(N)NC12. The molecule has 0 bridgehead atoms. The molecular formula is C8H12N6. The molecule has 3 rings (SSSR count). The molecule has 0 fully saturated rings. The molecule has 0 aliphatic carbocycles. The standard InChI is InChI=1S/C8H12N6/c1-4-5-6(13-7(9)12-5)14-3-2-10-8(14)11-4/h2-6H,1H3,(H,10,11)(H3,9,12,13). The summed E-state index contributed by atoms with van der Waals surface area (Å²) in [5.74, 6) is 1.37. The molecule has 14 heavy (non-hydrogen) atoms. The zero-order valence-electron chi connectivity index (χ0n) is 7.81. The highest BCUT2D eigenvalue weighted by Crippen LogP contribution is 2.29. The molecule has 0 spiro atoms. The van der Waals surface area contributed by atoms with Crippen molar-refractivity contribution in [2.24, 2.45) is 10.7 Å². The van der Waals surface area contributed by atoms with Crippen LogP contribution in [0.4, 0.5) is 5.95 Å². The Hall–Kier alpha value is -1.72. The molecule has 6 nitrogen and oxygen atoms in total.